The lowest BCUT2D eigenvalue weighted by Crippen LogP contribution is -2.33. The van der Waals surface area contributed by atoms with E-state index >= 15 is 0 Å². The van der Waals surface area contributed by atoms with E-state index in [-0.39, 0.29) is 11.0 Å². The molecule has 2 N–H and O–H groups in total. The molecule has 18 heavy (non-hydrogen) atoms. The highest BCUT2D eigenvalue weighted by Crippen LogP contribution is 2.14. The molecular weight excluding hydrogens is 268 g/mol. The predicted molar refractivity (Wildman–Crippen MR) is 77.8 cm³/mol. The number of thiocarbonyl (C=S) groups is 1. The van der Waals surface area contributed by atoms with Gasteiger partial charge in [0.25, 0.3) is 0 Å². The van der Waals surface area contributed by atoms with Crippen molar-refractivity contribution in [1.29, 1.82) is 0 Å². The second kappa shape index (κ2) is 8.10. The number of amides is 1. The van der Waals surface area contributed by atoms with Crippen LogP contribution in [-0.4, -0.2) is 21.2 Å². The Morgan fingerprint density at radius 2 is 2.11 bits per heavy atom. The maximum Gasteiger partial charge on any atom is 0.226 e. The summed E-state index contributed by atoms with van der Waals surface area (Å²) < 4.78 is 0. The lowest BCUT2D eigenvalue weighted by atomic mass is 10.2. The maximum absolute atomic E-state index is 11.5. The summed E-state index contributed by atoms with van der Waals surface area (Å²) in [5, 5.41) is 15.2. The van der Waals surface area contributed by atoms with Gasteiger partial charge in [0.05, 0.1) is 0 Å². The van der Waals surface area contributed by atoms with Crippen LogP contribution in [-0.2, 0) is 11.2 Å². The molecule has 0 radical (unpaired) electrons. The summed E-state index contributed by atoms with van der Waals surface area (Å²) in [6, 6.07) is 0. The van der Waals surface area contributed by atoms with E-state index in [2.05, 4.69) is 27.8 Å². The lowest BCUT2D eigenvalue weighted by Gasteiger charge is -2.06. The highest BCUT2D eigenvalue weighted by molar-refractivity contribution is 7.80. The van der Waals surface area contributed by atoms with Crippen LogP contribution in [0.5, 0.6) is 0 Å². The quantitative estimate of drug-likeness (QED) is 0.621. The summed E-state index contributed by atoms with van der Waals surface area (Å²) in [5.74, 6) is -0.0545. The molecule has 1 aromatic heterocycles. The second-order valence-electron chi connectivity index (χ2n) is 3.81. The molecule has 0 saturated carbocycles. The molecular formula is C11H18N4OS2. The highest BCUT2D eigenvalue weighted by Gasteiger charge is 2.07. The Balaban J connectivity index is 2.30. The van der Waals surface area contributed by atoms with Crippen LogP contribution in [0.2, 0.25) is 0 Å². The Bertz CT molecular complexity index is 406. The molecule has 0 atom stereocenters. The van der Waals surface area contributed by atoms with Gasteiger partial charge in [0.1, 0.15) is 5.01 Å². The van der Waals surface area contributed by atoms with E-state index in [4.69, 9.17) is 12.2 Å². The molecule has 0 saturated heterocycles. The predicted octanol–water partition coefficient (Wildman–Crippen LogP) is 2.49. The van der Waals surface area contributed by atoms with Crippen LogP contribution in [0.25, 0.3) is 0 Å². The molecule has 0 bridgehead atoms. The lowest BCUT2D eigenvalue weighted by molar-refractivity contribution is -0.119. The molecule has 0 aliphatic carbocycles. The van der Waals surface area contributed by atoms with Crippen molar-refractivity contribution in [2.24, 2.45) is 0 Å². The van der Waals surface area contributed by atoms with Gasteiger partial charge in [0.15, 0.2) is 5.11 Å². The summed E-state index contributed by atoms with van der Waals surface area (Å²) in [5.41, 5.74) is 0. The Morgan fingerprint density at radius 1 is 1.33 bits per heavy atom. The average molecular weight is 286 g/mol. The Labute approximate surface area is 116 Å². The van der Waals surface area contributed by atoms with E-state index in [0.29, 0.717) is 11.6 Å². The first kappa shape index (κ1) is 15.0. The van der Waals surface area contributed by atoms with Crippen molar-refractivity contribution in [2.75, 3.05) is 5.32 Å². The zero-order chi connectivity index (χ0) is 13.4. The first-order valence-corrected chi connectivity index (χ1v) is 7.31. The van der Waals surface area contributed by atoms with Gasteiger partial charge in [-0.2, -0.15) is 0 Å². The second-order valence-corrected chi connectivity index (χ2v) is 5.28. The van der Waals surface area contributed by atoms with Gasteiger partial charge in [-0.1, -0.05) is 38.0 Å². The smallest absolute Gasteiger partial charge is 0.226 e. The monoisotopic (exact) mass is 286 g/mol. The number of nitrogens with zero attached hydrogens (tertiary/aromatic N) is 2. The van der Waals surface area contributed by atoms with Crippen molar-refractivity contribution in [3.8, 4) is 0 Å². The summed E-state index contributed by atoms with van der Waals surface area (Å²) in [6.07, 6.45) is 4.40. The maximum atomic E-state index is 11.5. The van der Waals surface area contributed by atoms with Gasteiger partial charge in [-0.05, 0) is 25.1 Å². The van der Waals surface area contributed by atoms with Gasteiger partial charge in [-0.15, -0.1) is 10.2 Å². The summed E-state index contributed by atoms with van der Waals surface area (Å²) in [7, 11) is 0. The number of aromatic nitrogens is 2. The number of rotatable bonds is 6. The molecule has 1 amide bonds. The minimum atomic E-state index is -0.0545. The number of hydrogen-bond acceptors (Lipinski definition) is 5. The fraction of sp³-hybridized carbons (Fsp3) is 0.636. The van der Waals surface area contributed by atoms with E-state index in [1.807, 2.05) is 6.92 Å². The van der Waals surface area contributed by atoms with Gasteiger partial charge >= 0.3 is 0 Å². The number of carbonyl (C=O) groups is 1. The Hall–Kier alpha value is -1.08. The molecule has 0 unspecified atom stereocenters. The zero-order valence-corrected chi connectivity index (χ0v) is 12.3. The third-order valence-electron chi connectivity index (χ3n) is 2.25. The summed E-state index contributed by atoms with van der Waals surface area (Å²) in [4.78, 5) is 11.5. The average Bonchev–Trinajstić information content (AvgIpc) is 2.76. The van der Waals surface area contributed by atoms with Gasteiger partial charge < -0.3 is 10.6 Å². The zero-order valence-electron chi connectivity index (χ0n) is 10.7. The van der Waals surface area contributed by atoms with E-state index in [1.165, 1.54) is 11.3 Å². The molecule has 0 spiro atoms. The van der Waals surface area contributed by atoms with Gasteiger partial charge in [0.2, 0.25) is 11.0 Å². The van der Waals surface area contributed by atoms with Crippen LogP contribution in [0.3, 0.4) is 0 Å². The van der Waals surface area contributed by atoms with Crippen molar-refractivity contribution in [1.82, 2.24) is 15.5 Å². The molecule has 0 aliphatic heterocycles. The Kier molecular flexibility index (Phi) is 6.74. The number of hydrogen-bond donors (Lipinski definition) is 2. The third-order valence-corrected chi connectivity index (χ3v) is 3.44. The van der Waals surface area contributed by atoms with Crippen LogP contribution in [0.1, 0.15) is 44.5 Å². The molecule has 0 aromatic carbocycles. The van der Waals surface area contributed by atoms with Crippen LogP contribution < -0.4 is 10.6 Å². The summed E-state index contributed by atoms with van der Waals surface area (Å²) >= 11 is 6.47. The van der Waals surface area contributed by atoms with E-state index in [1.54, 1.807) is 0 Å². The largest absolute Gasteiger partial charge is 0.307 e. The number of anilines is 1. The van der Waals surface area contributed by atoms with Gasteiger partial charge in [-0.25, -0.2) is 0 Å². The van der Waals surface area contributed by atoms with Crippen LogP contribution >= 0.6 is 23.6 Å². The topological polar surface area (TPSA) is 66.9 Å². The standard InChI is InChI=1S/C11H18N4OS2/c1-3-5-6-7-8(16)12-10(17)13-11-15-14-9(4-2)18-11/h3-7H2,1-2H3,(H2,12,13,15,16,17). The van der Waals surface area contributed by atoms with Gasteiger partial charge in [0, 0.05) is 6.42 Å². The van der Waals surface area contributed by atoms with Crippen molar-refractivity contribution in [3.63, 3.8) is 0 Å². The normalized spacial score (nSPS) is 10.1. The molecule has 0 aliphatic rings. The molecule has 5 nitrogen and oxygen atoms in total. The molecule has 7 heteroatoms. The first-order valence-electron chi connectivity index (χ1n) is 6.09. The van der Waals surface area contributed by atoms with Gasteiger partial charge in [-0.3, -0.25) is 4.79 Å². The van der Waals surface area contributed by atoms with Crippen molar-refractivity contribution in [3.05, 3.63) is 5.01 Å². The molecule has 1 rings (SSSR count). The number of carbonyl (C=O) groups excluding carboxylic acids is 1. The minimum Gasteiger partial charge on any atom is -0.307 e. The third kappa shape index (κ3) is 5.50. The molecule has 1 heterocycles. The summed E-state index contributed by atoms with van der Waals surface area (Å²) in [6.45, 7) is 4.11. The number of nitrogens with one attached hydrogen (secondary N) is 2. The van der Waals surface area contributed by atoms with Crippen molar-refractivity contribution >= 4 is 39.7 Å². The fourth-order valence-corrected chi connectivity index (χ4v) is 2.26. The Morgan fingerprint density at radius 3 is 2.72 bits per heavy atom. The van der Waals surface area contributed by atoms with Crippen LogP contribution in [0, 0.1) is 0 Å². The highest BCUT2D eigenvalue weighted by atomic mass is 32.1. The van der Waals surface area contributed by atoms with E-state index < -0.39 is 0 Å². The van der Waals surface area contributed by atoms with Crippen LogP contribution in [0.4, 0.5) is 5.13 Å². The van der Waals surface area contributed by atoms with E-state index in [0.717, 1.165) is 30.7 Å². The SMILES string of the molecule is CCCCCC(=O)NC(=S)Nc1nnc(CC)s1. The molecule has 100 valence electrons. The number of unbranched alkanes of at least 4 members (excludes halogenated alkanes) is 2. The van der Waals surface area contributed by atoms with E-state index in [9.17, 15) is 4.79 Å². The number of aryl methyl sites for hydroxylation is 1. The molecule has 1 aromatic rings. The molecule has 0 fully saturated rings. The van der Waals surface area contributed by atoms with Crippen molar-refractivity contribution < 1.29 is 4.79 Å². The fourth-order valence-electron chi connectivity index (χ4n) is 1.30. The minimum absolute atomic E-state index is 0.0545. The van der Waals surface area contributed by atoms with Crippen LogP contribution in [0.15, 0.2) is 0 Å². The first-order chi connectivity index (χ1) is 8.65. The van der Waals surface area contributed by atoms with Crippen molar-refractivity contribution in [2.45, 2.75) is 46.0 Å².